The number of nitrogens with one attached hydrogen (secondary N) is 3. The molecule has 2 aromatic rings. The van der Waals surface area contributed by atoms with E-state index in [0.717, 1.165) is 11.3 Å². The topological polar surface area (TPSA) is 104 Å². The molecule has 0 unspecified atom stereocenters. The minimum atomic E-state index is -0.294. The number of anilines is 3. The van der Waals surface area contributed by atoms with Crippen LogP contribution in [0.25, 0.3) is 0 Å². The van der Waals surface area contributed by atoms with E-state index >= 15 is 0 Å². The van der Waals surface area contributed by atoms with Crippen LogP contribution in [0.15, 0.2) is 46.3 Å². The van der Waals surface area contributed by atoms with Crippen LogP contribution in [0.1, 0.15) is 28.5 Å². The quantitative estimate of drug-likeness (QED) is 0.654. The van der Waals surface area contributed by atoms with E-state index in [-0.39, 0.29) is 5.91 Å². The number of carbonyl (C=O) groups is 1. The Labute approximate surface area is 158 Å². The van der Waals surface area contributed by atoms with Gasteiger partial charge in [0.05, 0.1) is 6.20 Å². The van der Waals surface area contributed by atoms with E-state index in [1.165, 1.54) is 6.20 Å². The number of benzene rings is 1. The number of hydrogen-bond donors (Lipinski definition) is 3. The number of hydrogen-bond acceptors (Lipinski definition) is 7. The maximum atomic E-state index is 12.6. The van der Waals surface area contributed by atoms with Crippen LogP contribution < -0.4 is 16.0 Å². The van der Waals surface area contributed by atoms with Gasteiger partial charge in [-0.3, -0.25) is 9.79 Å². The molecule has 140 valence electrons. The van der Waals surface area contributed by atoms with Crippen LogP contribution in [-0.2, 0) is 0 Å². The molecule has 1 aromatic carbocycles. The van der Waals surface area contributed by atoms with Gasteiger partial charge in [-0.15, -0.1) is 0 Å². The molecule has 0 atom stereocenters. The zero-order valence-electron chi connectivity index (χ0n) is 15.9. The SMILES string of the molecule is C=N/C=C(\N=CC)NC(=O)c1cc(Nc2nc(C)cc(NC)n2)ccc1C. The Morgan fingerprint density at radius 3 is 2.67 bits per heavy atom. The fourth-order valence-corrected chi connectivity index (χ4v) is 2.33. The van der Waals surface area contributed by atoms with Gasteiger partial charge in [-0.25, -0.2) is 9.98 Å². The maximum absolute atomic E-state index is 12.6. The second kappa shape index (κ2) is 9.23. The average molecular weight is 365 g/mol. The van der Waals surface area contributed by atoms with Crippen LogP contribution >= 0.6 is 0 Å². The van der Waals surface area contributed by atoms with Crippen molar-refractivity contribution in [2.45, 2.75) is 20.8 Å². The monoisotopic (exact) mass is 365 g/mol. The van der Waals surface area contributed by atoms with Crippen molar-refractivity contribution in [3.05, 3.63) is 53.1 Å². The lowest BCUT2D eigenvalue weighted by Crippen LogP contribution is -2.23. The van der Waals surface area contributed by atoms with Crippen molar-refractivity contribution in [2.24, 2.45) is 9.98 Å². The zero-order valence-corrected chi connectivity index (χ0v) is 15.9. The molecule has 8 nitrogen and oxygen atoms in total. The number of aromatic nitrogens is 2. The van der Waals surface area contributed by atoms with E-state index in [1.807, 2.05) is 32.0 Å². The van der Waals surface area contributed by atoms with E-state index in [0.29, 0.717) is 28.8 Å². The summed E-state index contributed by atoms with van der Waals surface area (Å²) < 4.78 is 0. The van der Waals surface area contributed by atoms with Gasteiger partial charge in [-0.1, -0.05) is 6.07 Å². The van der Waals surface area contributed by atoms with Crippen LogP contribution in [0.2, 0.25) is 0 Å². The Bertz CT molecular complexity index is 903. The van der Waals surface area contributed by atoms with Crippen molar-refractivity contribution < 1.29 is 4.79 Å². The van der Waals surface area contributed by atoms with E-state index in [2.05, 4.69) is 42.6 Å². The van der Waals surface area contributed by atoms with Gasteiger partial charge in [0.25, 0.3) is 5.91 Å². The summed E-state index contributed by atoms with van der Waals surface area (Å²) in [5.74, 6) is 1.18. The molecule has 0 bridgehead atoms. The van der Waals surface area contributed by atoms with Crippen molar-refractivity contribution in [3.8, 4) is 0 Å². The summed E-state index contributed by atoms with van der Waals surface area (Å²) in [5.41, 5.74) is 2.85. The zero-order chi connectivity index (χ0) is 19.8. The van der Waals surface area contributed by atoms with Gasteiger partial charge in [0, 0.05) is 36.3 Å². The number of nitrogens with zero attached hydrogens (tertiary/aromatic N) is 4. The third-order valence-electron chi connectivity index (χ3n) is 3.57. The summed E-state index contributed by atoms with van der Waals surface area (Å²) in [6, 6.07) is 7.30. The molecule has 1 heterocycles. The molecule has 0 radical (unpaired) electrons. The van der Waals surface area contributed by atoms with Crippen molar-refractivity contribution in [1.29, 1.82) is 0 Å². The molecule has 3 N–H and O–H groups in total. The standard InChI is InChI=1S/C19H23N7O/c1-6-22-17(11-20-4)25-18(27)15-10-14(8-7-12(15)2)24-19-23-13(3)9-16(21-5)26-19/h6-11H,4H2,1-3,5H3,(H,25,27)(H2,21,23,24,26)/b17-11+,22-6?. The predicted molar refractivity (Wildman–Crippen MR) is 110 cm³/mol. The number of aryl methyl sites for hydroxylation is 2. The highest BCUT2D eigenvalue weighted by molar-refractivity contribution is 5.97. The van der Waals surface area contributed by atoms with Crippen molar-refractivity contribution in [1.82, 2.24) is 15.3 Å². The van der Waals surface area contributed by atoms with Gasteiger partial charge in [0.15, 0.2) is 5.82 Å². The summed E-state index contributed by atoms with van der Waals surface area (Å²) in [4.78, 5) is 29.1. The maximum Gasteiger partial charge on any atom is 0.257 e. The highest BCUT2D eigenvalue weighted by atomic mass is 16.1. The average Bonchev–Trinajstić information content (AvgIpc) is 2.63. The normalized spacial score (nSPS) is 11.3. The van der Waals surface area contributed by atoms with Gasteiger partial charge >= 0.3 is 0 Å². The van der Waals surface area contributed by atoms with E-state index in [1.54, 1.807) is 26.3 Å². The first-order valence-electron chi connectivity index (χ1n) is 8.34. The largest absolute Gasteiger partial charge is 0.373 e. The molecule has 0 aliphatic heterocycles. The molecule has 1 aromatic heterocycles. The first kappa shape index (κ1) is 19.8. The molecule has 1 amide bonds. The number of aliphatic imine (C=N–C) groups is 2. The van der Waals surface area contributed by atoms with Crippen molar-refractivity contribution >= 4 is 36.3 Å². The first-order valence-corrected chi connectivity index (χ1v) is 8.34. The summed E-state index contributed by atoms with van der Waals surface area (Å²) in [7, 11) is 1.79. The minimum absolute atomic E-state index is 0.294. The van der Waals surface area contributed by atoms with Crippen LogP contribution in [0, 0.1) is 13.8 Å². The smallest absolute Gasteiger partial charge is 0.257 e. The highest BCUT2D eigenvalue weighted by Crippen LogP contribution is 2.20. The van der Waals surface area contributed by atoms with Crippen LogP contribution in [-0.4, -0.2) is 35.9 Å². The summed E-state index contributed by atoms with van der Waals surface area (Å²) >= 11 is 0. The van der Waals surface area contributed by atoms with Crippen LogP contribution in [0.3, 0.4) is 0 Å². The lowest BCUT2D eigenvalue weighted by atomic mass is 10.1. The molecule has 0 spiro atoms. The van der Waals surface area contributed by atoms with Gasteiger partial charge < -0.3 is 16.0 Å². The summed E-state index contributed by atoms with van der Waals surface area (Å²) in [6.45, 7) is 8.88. The number of carbonyl (C=O) groups excluding carboxylic acids is 1. The summed E-state index contributed by atoms with van der Waals surface area (Å²) in [5, 5.41) is 8.84. The molecule has 0 aliphatic carbocycles. The summed E-state index contributed by atoms with van der Waals surface area (Å²) in [6.07, 6.45) is 2.95. The van der Waals surface area contributed by atoms with Gasteiger partial charge in [0.1, 0.15) is 5.82 Å². The Hall–Kier alpha value is -3.55. The van der Waals surface area contributed by atoms with Crippen LogP contribution in [0.5, 0.6) is 0 Å². The van der Waals surface area contributed by atoms with Gasteiger partial charge in [-0.2, -0.15) is 4.98 Å². The number of amides is 1. The predicted octanol–water partition coefficient (Wildman–Crippen LogP) is 3.20. The first-order chi connectivity index (χ1) is 13.0. The molecular weight excluding hydrogens is 342 g/mol. The third-order valence-corrected chi connectivity index (χ3v) is 3.57. The van der Waals surface area contributed by atoms with Crippen LogP contribution in [0.4, 0.5) is 17.5 Å². The lowest BCUT2D eigenvalue weighted by Gasteiger charge is -2.11. The Morgan fingerprint density at radius 1 is 1.22 bits per heavy atom. The highest BCUT2D eigenvalue weighted by Gasteiger charge is 2.12. The van der Waals surface area contributed by atoms with E-state index < -0.39 is 0 Å². The van der Waals surface area contributed by atoms with Gasteiger partial charge in [0.2, 0.25) is 5.95 Å². The van der Waals surface area contributed by atoms with E-state index in [9.17, 15) is 4.79 Å². The third kappa shape index (κ3) is 5.46. The lowest BCUT2D eigenvalue weighted by molar-refractivity contribution is 0.0965. The van der Waals surface area contributed by atoms with Gasteiger partial charge in [-0.05, 0) is 45.2 Å². The fraction of sp³-hybridized carbons (Fsp3) is 0.211. The molecule has 2 rings (SSSR count). The Morgan fingerprint density at radius 2 is 2.00 bits per heavy atom. The molecule has 8 heteroatoms. The fourth-order valence-electron chi connectivity index (χ4n) is 2.33. The van der Waals surface area contributed by atoms with Crippen molar-refractivity contribution in [2.75, 3.05) is 17.7 Å². The van der Waals surface area contributed by atoms with Crippen molar-refractivity contribution in [3.63, 3.8) is 0 Å². The number of rotatable bonds is 7. The second-order valence-electron chi connectivity index (χ2n) is 5.66. The Kier molecular flexibility index (Phi) is 6.76. The molecule has 0 fully saturated rings. The molecule has 27 heavy (non-hydrogen) atoms. The van der Waals surface area contributed by atoms with E-state index in [4.69, 9.17) is 0 Å². The molecule has 0 saturated heterocycles. The minimum Gasteiger partial charge on any atom is -0.373 e. The molecule has 0 aliphatic rings. The Balaban J connectivity index is 2.28. The second-order valence-corrected chi connectivity index (χ2v) is 5.66. The molecular formula is C19H23N7O. The molecule has 0 saturated carbocycles.